The minimum absolute atomic E-state index is 0.0655. The second-order valence-corrected chi connectivity index (χ2v) is 7.60. The highest BCUT2D eigenvalue weighted by molar-refractivity contribution is 5.89. The van der Waals surface area contributed by atoms with E-state index in [9.17, 15) is 9.59 Å². The number of ether oxygens (including phenoxy) is 3. The maximum Gasteiger partial charge on any atom is 0.309 e. The predicted molar refractivity (Wildman–Crippen MR) is 96.8 cm³/mol. The molecule has 0 spiro atoms. The molecule has 3 atom stereocenters. The largest absolute Gasteiger partial charge is 0.469 e. The van der Waals surface area contributed by atoms with Crippen LogP contribution in [0.3, 0.4) is 0 Å². The maximum absolute atomic E-state index is 13.1. The number of aryl methyl sites for hydroxylation is 3. The quantitative estimate of drug-likeness (QED) is 0.756. The van der Waals surface area contributed by atoms with Crippen molar-refractivity contribution in [1.82, 2.24) is 0 Å². The highest BCUT2D eigenvalue weighted by Crippen LogP contribution is 2.42. The molecule has 1 aromatic carbocycles. The molecule has 0 N–H and O–H groups in total. The molecule has 0 aromatic heterocycles. The van der Waals surface area contributed by atoms with Crippen molar-refractivity contribution in [2.75, 3.05) is 20.3 Å². The summed E-state index contributed by atoms with van der Waals surface area (Å²) in [6, 6.07) is 4.20. The summed E-state index contributed by atoms with van der Waals surface area (Å²) in [5.74, 6) is -0.871. The molecule has 1 aromatic rings. The Morgan fingerprint density at radius 3 is 2.19 bits per heavy atom. The molecule has 3 unspecified atom stereocenters. The molecule has 0 bridgehead atoms. The van der Waals surface area contributed by atoms with Gasteiger partial charge in [0.1, 0.15) is 5.78 Å². The number of methoxy groups -OCH3 is 1. The Morgan fingerprint density at radius 2 is 1.62 bits per heavy atom. The van der Waals surface area contributed by atoms with Crippen LogP contribution in [-0.4, -0.2) is 38.4 Å². The van der Waals surface area contributed by atoms with Gasteiger partial charge in [-0.15, -0.1) is 0 Å². The molecule has 5 heteroatoms. The Bertz CT molecular complexity index is 667. The van der Waals surface area contributed by atoms with E-state index in [0.29, 0.717) is 32.5 Å². The van der Waals surface area contributed by atoms with Gasteiger partial charge in [0, 0.05) is 18.3 Å². The minimum atomic E-state index is -0.406. The van der Waals surface area contributed by atoms with Gasteiger partial charge in [0.15, 0.2) is 6.29 Å². The summed E-state index contributed by atoms with van der Waals surface area (Å²) in [7, 11) is 1.38. The normalized spacial score (nSPS) is 26.2. The molecule has 5 nitrogen and oxygen atoms in total. The smallest absolute Gasteiger partial charge is 0.309 e. The Labute approximate surface area is 155 Å². The Hall–Kier alpha value is -1.72. The fourth-order valence-electron chi connectivity index (χ4n) is 4.51. The highest BCUT2D eigenvalue weighted by Gasteiger charge is 2.46. The standard InChI is InChI=1S/C21H28O5/c1-12-7-13(2)16(14(3)8-12)11-19(22)17-9-15(21-25-5-6-26-21)10-18(17)20(23)24-4/h7-8,15,17-18,21H,5-6,9-11H2,1-4H3. The summed E-state index contributed by atoms with van der Waals surface area (Å²) in [5, 5.41) is 0. The van der Waals surface area contributed by atoms with Gasteiger partial charge in [-0.3, -0.25) is 9.59 Å². The number of hydrogen-bond donors (Lipinski definition) is 0. The van der Waals surface area contributed by atoms with E-state index in [1.54, 1.807) is 0 Å². The minimum Gasteiger partial charge on any atom is -0.469 e. The van der Waals surface area contributed by atoms with Crippen LogP contribution in [0.2, 0.25) is 0 Å². The van der Waals surface area contributed by atoms with E-state index < -0.39 is 5.92 Å². The zero-order valence-corrected chi connectivity index (χ0v) is 16.0. The molecule has 0 radical (unpaired) electrons. The zero-order chi connectivity index (χ0) is 18.8. The van der Waals surface area contributed by atoms with Crippen LogP contribution in [0, 0.1) is 38.5 Å². The molecule has 1 saturated heterocycles. The fraction of sp³-hybridized carbons (Fsp3) is 0.619. The van der Waals surface area contributed by atoms with Gasteiger partial charge in [-0.2, -0.15) is 0 Å². The van der Waals surface area contributed by atoms with E-state index in [-0.39, 0.29) is 29.9 Å². The number of carbonyl (C=O) groups excluding carboxylic acids is 2. The molecule has 2 fully saturated rings. The number of hydrogen-bond acceptors (Lipinski definition) is 5. The van der Waals surface area contributed by atoms with Gasteiger partial charge < -0.3 is 14.2 Å². The third-order valence-electron chi connectivity index (χ3n) is 5.74. The number of esters is 1. The fourth-order valence-corrected chi connectivity index (χ4v) is 4.51. The molecular formula is C21H28O5. The van der Waals surface area contributed by atoms with E-state index in [1.807, 2.05) is 13.8 Å². The van der Waals surface area contributed by atoms with Crippen LogP contribution in [0.25, 0.3) is 0 Å². The average Bonchev–Trinajstić information content (AvgIpc) is 3.26. The van der Waals surface area contributed by atoms with Crippen LogP contribution in [0.15, 0.2) is 12.1 Å². The van der Waals surface area contributed by atoms with Crippen molar-refractivity contribution in [3.05, 3.63) is 34.4 Å². The summed E-state index contributed by atoms with van der Waals surface area (Å²) >= 11 is 0. The lowest BCUT2D eigenvalue weighted by Gasteiger charge is -2.18. The summed E-state index contributed by atoms with van der Waals surface area (Å²) < 4.78 is 16.2. The van der Waals surface area contributed by atoms with Crippen molar-refractivity contribution in [3.63, 3.8) is 0 Å². The lowest BCUT2D eigenvalue weighted by molar-refractivity contribution is -0.149. The number of benzene rings is 1. The maximum atomic E-state index is 13.1. The lowest BCUT2D eigenvalue weighted by atomic mass is 9.86. The number of ketones is 1. The predicted octanol–water partition coefficient (Wildman–Crippen LogP) is 2.91. The molecule has 1 aliphatic heterocycles. The Balaban J connectivity index is 1.78. The summed E-state index contributed by atoms with van der Waals surface area (Å²) in [4.78, 5) is 25.4. The van der Waals surface area contributed by atoms with Gasteiger partial charge in [-0.05, 0) is 50.3 Å². The number of carbonyl (C=O) groups is 2. The van der Waals surface area contributed by atoms with Gasteiger partial charge in [0.25, 0.3) is 0 Å². The van der Waals surface area contributed by atoms with E-state index in [0.717, 1.165) is 16.7 Å². The van der Waals surface area contributed by atoms with Gasteiger partial charge in [0.05, 0.1) is 26.2 Å². The molecule has 1 saturated carbocycles. The third kappa shape index (κ3) is 3.84. The van der Waals surface area contributed by atoms with Gasteiger partial charge in [-0.1, -0.05) is 17.7 Å². The van der Waals surface area contributed by atoms with E-state index >= 15 is 0 Å². The van der Waals surface area contributed by atoms with Gasteiger partial charge >= 0.3 is 5.97 Å². The first-order chi connectivity index (χ1) is 12.4. The van der Waals surface area contributed by atoms with Crippen LogP contribution >= 0.6 is 0 Å². The SMILES string of the molecule is COC(=O)C1CC(C2OCCO2)CC1C(=O)Cc1c(C)cc(C)cc1C. The first-order valence-electron chi connectivity index (χ1n) is 9.31. The molecule has 3 rings (SSSR count). The topological polar surface area (TPSA) is 61.8 Å². The molecule has 142 valence electrons. The number of Topliss-reactive ketones (excluding diaryl/α,β-unsaturated/α-hetero) is 1. The Morgan fingerprint density at radius 1 is 1.04 bits per heavy atom. The van der Waals surface area contributed by atoms with Crippen LogP contribution in [-0.2, 0) is 30.2 Å². The first kappa shape index (κ1) is 19.1. The molecular weight excluding hydrogens is 332 g/mol. The van der Waals surface area contributed by atoms with Crippen molar-refractivity contribution < 1.29 is 23.8 Å². The van der Waals surface area contributed by atoms with Crippen molar-refractivity contribution in [1.29, 1.82) is 0 Å². The molecule has 26 heavy (non-hydrogen) atoms. The van der Waals surface area contributed by atoms with Crippen LogP contribution in [0.5, 0.6) is 0 Å². The van der Waals surface area contributed by atoms with E-state index in [2.05, 4.69) is 19.1 Å². The third-order valence-corrected chi connectivity index (χ3v) is 5.74. The van der Waals surface area contributed by atoms with E-state index in [1.165, 1.54) is 12.7 Å². The lowest BCUT2D eigenvalue weighted by Crippen LogP contribution is -2.28. The van der Waals surface area contributed by atoms with Gasteiger partial charge in [-0.25, -0.2) is 0 Å². The molecule has 0 amide bonds. The zero-order valence-electron chi connectivity index (χ0n) is 16.0. The van der Waals surface area contributed by atoms with E-state index in [4.69, 9.17) is 14.2 Å². The Kier molecular flexibility index (Phi) is 5.78. The van der Waals surface area contributed by atoms with Crippen molar-refractivity contribution >= 4 is 11.8 Å². The van der Waals surface area contributed by atoms with Crippen LogP contribution in [0.4, 0.5) is 0 Å². The van der Waals surface area contributed by atoms with Crippen molar-refractivity contribution in [3.8, 4) is 0 Å². The van der Waals surface area contributed by atoms with Crippen molar-refractivity contribution in [2.45, 2.75) is 46.3 Å². The van der Waals surface area contributed by atoms with Crippen molar-refractivity contribution in [2.24, 2.45) is 17.8 Å². The molecule has 2 aliphatic rings. The van der Waals surface area contributed by atoms with Crippen LogP contribution in [0.1, 0.15) is 35.1 Å². The monoisotopic (exact) mass is 360 g/mol. The number of rotatable bonds is 5. The molecule has 1 heterocycles. The summed E-state index contributed by atoms with van der Waals surface area (Å²) in [6.45, 7) is 7.28. The summed E-state index contributed by atoms with van der Waals surface area (Å²) in [5.41, 5.74) is 4.52. The highest BCUT2D eigenvalue weighted by atomic mass is 16.7. The average molecular weight is 360 g/mol. The van der Waals surface area contributed by atoms with Gasteiger partial charge in [0.2, 0.25) is 0 Å². The second kappa shape index (κ2) is 7.89. The van der Waals surface area contributed by atoms with Crippen LogP contribution < -0.4 is 0 Å². The second-order valence-electron chi connectivity index (χ2n) is 7.60. The summed E-state index contributed by atoms with van der Waals surface area (Å²) in [6.07, 6.45) is 1.25. The molecule has 1 aliphatic carbocycles. The first-order valence-corrected chi connectivity index (χ1v) is 9.31.